The van der Waals surface area contributed by atoms with Crippen molar-refractivity contribution in [1.82, 2.24) is 0 Å². The number of nitrogens with two attached hydrogens (primary N) is 1. The summed E-state index contributed by atoms with van der Waals surface area (Å²) in [5, 5.41) is 7.48. The summed E-state index contributed by atoms with van der Waals surface area (Å²) in [7, 11) is 1.64. The normalized spacial score (nSPS) is 10.6. The van der Waals surface area contributed by atoms with Crippen molar-refractivity contribution in [3.8, 4) is 5.75 Å². The maximum Gasteiger partial charge on any atom is 0.124 e. The first-order chi connectivity index (χ1) is 10.2. The van der Waals surface area contributed by atoms with Crippen LogP contribution in [0.3, 0.4) is 0 Å². The van der Waals surface area contributed by atoms with Crippen LogP contribution >= 0.6 is 0 Å². The molecule has 0 bridgehead atoms. The number of rotatable bonds is 11. The Bertz CT molecular complexity index is 433. The number of unbranched alkanes of at least 4 members (excludes halogenated alkanes) is 5. The van der Waals surface area contributed by atoms with Gasteiger partial charge in [-0.2, -0.15) is 0 Å². The zero-order valence-corrected chi connectivity index (χ0v) is 13.3. The van der Waals surface area contributed by atoms with Crippen LogP contribution in [-0.2, 0) is 11.3 Å². The van der Waals surface area contributed by atoms with Gasteiger partial charge in [0.05, 0.1) is 13.7 Å². The van der Waals surface area contributed by atoms with Gasteiger partial charge in [-0.15, -0.1) is 0 Å². The average molecular weight is 292 g/mol. The van der Waals surface area contributed by atoms with E-state index in [1.165, 1.54) is 32.1 Å². The van der Waals surface area contributed by atoms with Gasteiger partial charge in [-0.1, -0.05) is 39.0 Å². The summed E-state index contributed by atoms with van der Waals surface area (Å²) in [5.74, 6) is 0.845. The lowest BCUT2D eigenvalue weighted by Gasteiger charge is -2.11. The van der Waals surface area contributed by atoms with Gasteiger partial charge in [0.15, 0.2) is 0 Å². The molecule has 0 unspecified atom stereocenters. The van der Waals surface area contributed by atoms with E-state index < -0.39 is 0 Å². The number of methoxy groups -OCH3 is 1. The molecule has 0 aliphatic carbocycles. The number of amidine groups is 1. The molecule has 0 radical (unpaired) electrons. The fraction of sp³-hybridized carbons (Fsp3) is 0.588. The van der Waals surface area contributed by atoms with Crippen molar-refractivity contribution in [3.05, 3.63) is 29.3 Å². The molecule has 0 saturated carbocycles. The third-order valence-corrected chi connectivity index (χ3v) is 3.49. The molecule has 3 N–H and O–H groups in total. The summed E-state index contributed by atoms with van der Waals surface area (Å²) in [5.41, 5.74) is 7.15. The van der Waals surface area contributed by atoms with Gasteiger partial charge < -0.3 is 15.2 Å². The minimum atomic E-state index is 0.0647. The van der Waals surface area contributed by atoms with E-state index in [4.69, 9.17) is 20.6 Å². The maximum absolute atomic E-state index is 7.48. The van der Waals surface area contributed by atoms with Gasteiger partial charge in [-0.05, 0) is 24.6 Å². The summed E-state index contributed by atoms with van der Waals surface area (Å²) in [4.78, 5) is 0. The van der Waals surface area contributed by atoms with Gasteiger partial charge in [0.2, 0.25) is 0 Å². The van der Waals surface area contributed by atoms with Gasteiger partial charge in [-0.3, -0.25) is 5.41 Å². The lowest BCUT2D eigenvalue weighted by atomic mass is 10.1. The largest absolute Gasteiger partial charge is 0.496 e. The molecular formula is C17H28N2O2. The number of hydrogen-bond donors (Lipinski definition) is 2. The van der Waals surface area contributed by atoms with E-state index in [0.29, 0.717) is 12.2 Å². The first-order valence-corrected chi connectivity index (χ1v) is 7.78. The van der Waals surface area contributed by atoms with Gasteiger partial charge in [-0.25, -0.2) is 0 Å². The van der Waals surface area contributed by atoms with Crippen molar-refractivity contribution in [1.29, 1.82) is 5.41 Å². The predicted molar refractivity (Wildman–Crippen MR) is 87.0 cm³/mol. The van der Waals surface area contributed by atoms with Crippen LogP contribution < -0.4 is 10.5 Å². The van der Waals surface area contributed by atoms with Gasteiger partial charge >= 0.3 is 0 Å². The fourth-order valence-electron chi connectivity index (χ4n) is 2.23. The third kappa shape index (κ3) is 6.63. The lowest BCUT2D eigenvalue weighted by molar-refractivity contribution is 0.115. The summed E-state index contributed by atoms with van der Waals surface area (Å²) in [6.45, 7) is 3.49. The third-order valence-electron chi connectivity index (χ3n) is 3.49. The zero-order valence-electron chi connectivity index (χ0n) is 13.3. The second-order valence-corrected chi connectivity index (χ2v) is 5.26. The molecule has 1 aromatic rings. The second-order valence-electron chi connectivity index (χ2n) is 5.26. The van der Waals surface area contributed by atoms with Crippen molar-refractivity contribution >= 4 is 5.84 Å². The van der Waals surface area contributed by atoms with Gasteiger partial charge in [0.1, 0.15) is 11.6 Å². The minimum Gasteiger partial charge on any atom is -0.496 e. The Morgan fingerprint density at radius 3 is 2.52 bits per heavy atom. The first kappa shape index (κ1) is 17.5. The molecule has 1 rings (SSSR count). The Hall–Kier alpha value is -1.55. The highest BCUT2D eigenvalue weighted by Gasteiger charge is 2.06. The van der Waals surface area contributed by atoms with Gasteiger partial charge in [0, 0.05) is 17.7 Å². The molecule has 0 saturated heterocycles. The Kier molecular flexibility index (Phi) is 8.51. The second kappa shape index (κ2) is 10.2. The smallest absolute Gasteiger partial charge is 0.124 e. The quantitative estimate of drug-likeness (QED) is 0.370. The molecule has 0 amide bonds. The van der Waals surface area contributed by atoms with Crippen molar-refractivity contribution in [2.45, 2.75) is 52.1 Å². The topological polar surface area (TPSA) is 68.3 Å². The summed E-state index contributed by atoms with van der Waals surface area (Å²) in [6.07, 6.45) is 7.55. The molecular weight excluding hydrogens is 264 g/mol. The van der Waals surface area contributed by atoms with Crippen LogP contribution in [0.1, 0.15) is 56.6 Å². The van der Waals surface area contributed by atoms with Crippen LogP contribution in [0.2, 0.25) is 0 Å². The Morgan fingerprint density at radius 2 is 1.86 bits per heavy atom. The van der Waals surface area contributed by atoms with E-state index in [1.54, 1.807) is 13.2 Å². The van der Waals surface area contributed by atoms with Crippen LogP contribution in [0.15, 0.2) is 18.2 Å². The zero-order chi connectivity index (χ0) is 15.5. The highest BCUT2D eigenvalue weighted by Crippen LogP contribution is 2.20. The maximum atomic E-state index is 7.48. The molecule has 0 aromatic heterocycles. The average Bonchev–Trinajstić information content (AvgIpc) is 2.49. The van der Waals surface area contributed by atoms with E-state index in [0.717, 1.165) is 24.3 Å². The monoisotopic (exact) mass is 292 g/mol. The Morgan fingerprint density at radius 1 is 1.14 bits per heavy atom. The molecule has 4 heteroatoms. The summed E-state index contributed by atoms with van der Waals surface area (Å²) < 4.78 is 11.0. The van der Waals surface area contributed by atoms with Crippen molar-refractivity contribution in [2.75, 3.05) is 13.7 Å². The number of hydrogen-bond acceptors (Lipinski definition) is 3. The molecule has 1 aromatic carbocycles. The minimum absolute atomic E-state index is 0.0647. The van der Waals surface area contributed by atoms with E-state index in [-0.39, 0.29) is 5.84 Å². The Balaban J connectivity index is 2.33. The summed E-state index contributed by atoms with van der Waals surface area (Å²) in [6, 6.07) is 5.49. The molecule has 0 spiro atoms. The molecule has 0 heterocycles. The number of nitrogen functional groups attached to an aromatic ring is 1. The van der Waals surface area contributed by atoms with E-state index in [2.05, 4.69) is 6.92 Å². The number of nitrogens with one attached hydrogen (secondary N) is 1. The van der Waals surface area contributed by atoms with Gasteiger partial charge in [0.25, 0.3) is 0 Å². The molecule has 4 nitrogen and oxygen atoms in total. The van der Waals surface area contributed by atoms with Crippen molar-refractivity contribution < 1.29 is 9.47 Å². The number of benzene rings is 1. The predicted octanol–water partition coefficient (Wildman–Crippen LogP) is 3.86. The molecule has 0 aliphatic rings. The van der Waals surface area contributed by atoms with Crippen LogP contribution in [0.25, 0.3) is 0 Å². The van der Waals surface area contributed by atoms with Crippen LogP contribution in [0.4, 0.5) is 0 Å². The van der Waals surface area contributed by atoms with Crippen molar-refractivity contribution in [2.24, 2.45) is 5.73 Å². The number of ether oxygens (including phenoxy) is 2. The van der Waals surface area contributed by atoms with Crippen LogP contribution in [-0.4, -0.2) is 19.6 Å². The standard InChI is InChI=1S/C17H28N2O2/c1-3-4-5-6-7-8-11-21-13-15-12-14(17(18)19)9-10-16(15)20-2/h9-10,12H,3-8,11,13H2,1-2H3,(H3,18,19). The first-order valence-electron chi connectivity index (χ1n) is 7.78. The molecule has 0 fully saturated rings. The molecule has 118 valence electrons. The van der Waals surface area contributed by atoms with E-state index in [1.807, 2.05) is 12.1 Å². The van der Waals surface area contributed by atoms with Crippen LogP contribution in [0.5, 0.6) is 5.75 Å². The molecule has 0 aliphatic heterocycles. The fourth-order valence-corrected chi connectivity index (χ4v) is 2.23. The highest BCUT2D eigenvalue weighted by atomic mass is 16.5. The highest BCUT2D eigenvalue weighted by molar-refractivity contribution is 5.95. The summed E-state index contributed by atoms with van der Waals surface area (Å²) >= 11 is 0. The Labute approximate surface area is 128 Å². The van der Waals surface area contributed by atoms with E-state index >= 15 is 0 Å². The molecule has 0 atom stereocenters. The van der Waals surface area contributed by atoms with Crippen molar-refractivity contribution in [3.63, 3.8) is 0 Å². The van der Waals surface area contributed by atoms with E-state index in [9.17, 15) is 0 Å². The lowest BCUT2D eigenvalue weighted by Crippen LogP contribution is -2.11. The SMILES string of the molecule is CCCCCCCCOCc1cc(C(=N)N)ccc1OC. The van der Waals surface area contributed by atoms with Crippen LogP contribution in [0, 0.1) is 5.41 Å². The molecule has 21 heavy (non-hydrogen) atoms.